The molecule has 0 fully saturated rings. The van der Waals surface area contributed by atoms with Crippen molar-refractivity contribution in [2.24, 2.45) is 0 Å². The normalized spacial score (nSPS) is 11.9. The zero-order valence-corrected chi connectivity index (χ0v) is 33.4. The maximum absolute atomic E-state index is 5.34. The van der Waals surface area contributed by atoms with E-state index in [0.29, 0.717) is 17.5 Å². The molecule has 10 aromatic carbocycles. The third-order valence-electron chi connectivity index (χ3n) is 12.5. The van der Waals surface area contributed by atoms with E-state index in [1.807, 2.05) is 0 Å². The molecule has 3 heterocycles. The van der Waals surface area contributed by atoms with Crippen LogP contribution in [0, 0.1) is 0 Å². The maximum Gasteiger partial charge on any atom is 0.164 e. The number of fused-ring (bicyclic) bond motifs is 12. The van der Waals surface area contributed by atoms with E-state index < -0.39 is 0 Å². The average Bonchev–Trinajstić information content (AvgIpc) is 3.86. The van der Waals surface area contributed by atoms with Crippen molar-refractivity contribution in [2.75, 3.05) is 0 Å². The van der Waals surface area contributed by atoms with Crippen LogP contribution in [0.4, 0.5) is 0 Å². The highest BCUT2D eigenvalue weighted by Crippen LogP contribution is 2.40. The van der Waals surface area contributed by atoms with E-state index in [-0.39, 0.29) is 0 Å². The molecule has 62 heavy (non-hydrogen) atoms. The Morgan fingerprint density at radius 1 is 0.226 bits per heavy atom. The van der Waals surface area contributed by atoms with Crippen LogP contribution in [0.25, 0.3) is 121 Å². The molecule has 0 spiro atoms. The van der Waals surface area contributed by atoms with E-state index >= 15 is 0 Å². The lowest BCUT2D eigenvalue weighted by Crippen LogP contribution is -2.01. The lowest BCUT2D eigenvalue weighted by molar-refractivity contribution is 1.07. The van der Waals surface area contributed by atoms with Crippen molar-refractivity contribution >= 4 is 75.9 Å². The Kier molecular flexibility index (Phi) is 7.54. The number of rotatable bonds is 5. The number of hydrogen-bond donors (Lipinski definition) is 0. The van der Waals surface area contributed by atoms with Crippen LogP contribution >= 0.6 is 0 Å². The number of aromatic nitrogens is 5. The maximum atomic E-state index is 5.34. The van der Waals surface area contributed by atoms with Gasteiger partial charge in [-0.15, -0.1) is 0 Å². The fourth-order valence-electron chi connectivity index (χ4n) is 9.74. The van der Waals surface area contributed by atoms with Gasteiger partial charge < -0.3 is 9.13 Å². The largest absolute Gasteiger partial charge is 0.309 e. The van der Waals surface area contributed by atoms with E-state index in [0.717, 1.165) is 50.1 Å². The lowest BCUT2D eigenvalue weighted by Gasteiger charge is -2.13. The zero-order chi connectivity index (χ0) is 40.7. The summed E-state index contributed by atoms with van der Waals surface area (Å²) in [4.78, 5) is 16.0. The van der Waals surface area contributed by atoms with E-state index in [4.69, 9.17) is 15.0 Å². The first-order chi connectivity index (χ1) is 30.7. The number of benzene rings is 10. The third kappa shape index (κ3) is 5.25. The molecular formula is C57H35N5. The summed E-state index contributed by atoms with van der Waals surface area (Å²) in [5.41, 5.74) is 9.46. The first-order valence-corrected chi connectivity index (χ1v) is 21.0. The van der Waals surface area contributed by atoms with Gasteiger partial charge in [0, 0.05) is 49.6 Å². The second-order valence-electron chi connectivity index (χ2n) is 16.0. The molecule has 288 valence electrons. The van der Waals surface area contributed by atoms with Gasteiger partial charge in [-0.25, -0.2) is 15.0 Å². The minimum Gasteiger partial charge on any atom is -0.309 e. The molecule has 5 heteroatoms. The third-order valence-corrected chi connectivity index (χ3v) is 12.5. The first kappa shape index (κ1) is 34.5. The summed E-state index contributed by atoms with van der Waals surface area (Å²) in [7, 11) is 0. The molecule has 0 aliphatic heterocycles. The van der Waals surface area contributed by atoms with Crippen molar-refractivity contribution in [1.82, 2.24) is 24.1 Å². The molecule has 5 nitrogen and oxygen atoms in total. The molecule has 13 rings (SSSR count). The Labute approximate surface area is 356 Å². The van der Waals surface area contributed by atoms with Crippen LogP contribution in [0.2, 0.25) is 0 Å². The Bertz CT molecular complexity index is 3710. The molecule has 13 aromatic rings. The van der Waals surface area contributed by atoms with E-state index in [9.17, 15) is 0 Å². The van der Waals surface area contributed by atoms with Gasteiger partial charge >= 0.3 is 0 Å². The molecule has 0 atom stereocenters. The highest BCUT2D eigenvalue weighted by Gasteiger charge is 2.19. The van der Waals surface area contributed by atoms with Crippen molar-refractivity contribution in [3.8, 4) is 45.5 Å². The van der Waals surface area contributed by atoms with E-state index in [1.165, 1.54) is 53.9 Å². The van der Waals surface area contributed by atoms with Gasteiger partial charge in [0.15, 0.2) is 17.5 Å². The predicted octanol–water partition coefficient (Wildman–Crippen LogP) is 14.5. The smallest absolute Gasteiger partial charge is 0.164 e. The Morgan fingerprint density at radius 2 is 0.532 bits per heavy atom. The summed E-state index contributed by atoms with van der Waals surface area (Å²) in [6.45, 7) is 0. The minimum absolute atomic E-state index is 0.615. The summed E-state index contributed by atoms with van der Waals surface area (Å²) < 4.78 is 4.68. The van der Waals surface area contributed by atoms with E-state index in [2.05, 4.69) is 221 Å². The molecule has 0 saturated carbocycles. The van der Waals surface area contributed by atoms with Crippen molar-refractivity contribution in [3.63, 3.8) is 0 Å². The summed E-state index contributed by atoms with van der Waals surface area (Å²) in [5, 5.41) is 12.0. The van der Waals surface area contributed by atoms with Crippen LogP contribution in [-0.4, -0.2) is 24.1 Å². The van der Waals surface area contributed by atoms with Crippen molar-refractivity contribution in [1.29, 1.82) is 0 Å². The number of hydrogen-bond acceptors (Lipinski definition) is 3. The fourth-order valence-corrected chi connectivity index (χ4v) is 9.74. The van der Waals surface area contributed by atoms with Crippen LogP contribution in [0.1, 0.15) is 0 Å². The van der Waals surface area contributed by atoms with Gasteiger partial charge in [-0.2, -0.15) is 0 Å². The highest BCUT2D eigenvalue weighted by atomic mass is 15.0. The quantitative estimate of drug-likeness (QED) is 0.163. The Balaban J connectivity index is 1.07. The van der Waals surface area contributed by atoms with Crippen LogP contribution in [0.5, 0.6) is 0 Å². The Hall–Kier alpha value is -8.41. The van der Waals surface area contributed by atoms with Crippen molar-refractivity contribution in [2.45, 2.75) is 0 Å². The van der Waals surface area contributed by atoms with Gasteiger partial charge in [0.25, 0.3) is 0 Å². The molecule has 0 amide bonds. The van der Waals surface area contributed by atoms with Gasteiger partial charge in [0.05, 0.1) is 22.1 Å². The fraction of sp³-hybridized carbons (Fsp3) is 0. The van der Waals surface area contributed by atoms with Crippen LogP contribution < -0.4 is 0 Å². The summed E-state index contributed by atoms with van der Waals surface area (Å²) in [6, 6.07) is 75.6. The van der Waals surface area contributed by atoms with Crippen LogP contribution in [0.15, 0.2) is 212 Å². The van der Waals surface area contributed by atoms with Gasteiger partial charge in [-0.3, -0.25) is 0 Å². The molecule has 3 aromatic heterocycles. The van der Waals surface area contributed by atoms with Gasteiger partial charge in [0.2, 0.25) is 0 Å². The topological polar surface area (TPSA) is 48.5 Å². The highest BCUT2D eigenvalue weighted by molar-refractivity contribution is 6.25. The van der Waals surface area contributed by atoms with Crippen molar-refractivity contribution < 1.29 is 0 Å². The standard InChI is InChI=1S/C57H35N5/c1-3-15-39(16-4-1)61-51-25-13-11-23-46(51)48-31-28-37(34-53(48)61)56-58-55(36-27-30-45-43-21-8-7-19-41(43)42-20-9-10-22-44(42)50(45)33-36)59-57(60-56)38-29-32-49-47-24-12-14-26-52(47)62(54(49)35-38)40-17-5-2-6-18-40/h1-35H. The summed E-state index contributed by atoms with van der Waals surface area (Å²) in [5.74, 6) is 1.85. The second-order valence-corrected chi connectivity index (χ2v) is 16.0. The monoisotopic (exact) mass is 789 g/mol. The number of para-hydroxylation sites is 4. The predicted molar refractivity (Wildman–Crippen MR) is 257 cm³/mol. The lowest BCUT2D eigenvalue weighted by atomic mass is 9.93. The minimum atomic E-state index is 0.615. The molecular weight excluding hydrogens is 755 g/mol. The molecule has 0 aliphatic carbocycles. The average molecular weight is 790 g/mol. The molecule has 0 N–H and O–H groups in total. The van der Waals surface area contributed by atoms with Gasteiger partial charge in [-0.05, 0) is 86.9 Å². The van der Waals surface area contributed by atoms with Crippen LogP contribution in [-0.2, 0) is 0 Å². The summed E-state index contributed by atoms with van der Waals surface area (Å²) in [6.07, 6.45) is 0. The summed E-state index contributed by atoms with van der Waals surface area (Å²) >= 11 is 0. The molecule has 0 aliphatic rings. The van der Waals surface area contributed by atoms with Gasteiger partial charge in [0.1, 0.15) is 0 Å². The zero-order valence-electron chi connectivity index (χ0n) is 33.4. The number of nitrogens with zero attached hydrogens (tertiary/aromatic N) is 5. The van der Waals surface area contributed by atoms with Crippen molar-refractivity contribution in [3.05, 3.63) is 212 Å². The SMILES string of the molecule is c1ccc(-n2c3ccccc3c3ccc(-c4nc(-c5ccc6c7ccccc7c7ccccc7c6c5)nc(-c5ccc6c7ccccc7n(-c7ccccc7)c6c5)n4)cc32)cc1. The molecule has 0 radical (unpaired) electrons. The molecule has 0 saturated heterocycles. The Morgan fingerprint density at radius 3 is 0.968 bits per heavy atom. The molecule has 0 bridgehead atoms. The molecule has 0 unspecified atom stereocenters. The van der Waals surface area contributed by atoms with Gasteiger partial charge in [-0.1, -0.05) is 158 Å². The second kappa shape index (κ2) is 13.6. The van der Waals surface area contributed by atoms with Crippen LogP contribution in [0.3, 0.4) is 0 Å². The van der Waals surface area contributed by atoms with E-state index in [1.54, 1.807) is 0 Å². The first-order valence-electron chi connectivity index (χ1n) is 21.0.